The smallest absolute Gasteiger partial charge is 0.254 e. The molecule has 1 aromatic heterocycles. The van der Waals surface area contributed by atoms with Gasteiger partial charge < -0.3 is 14.4 Å². The third-order valence-electron chi connectivity index (χ3n) is 4.34. The summed E-state index contributed by atoms with van der Waals surface area (Å²) in [5.74, 6) is -0.527. The number of rotatable bonds is 2. The molecule has 2 amide bonds. The fourth-order valence-corrected chi connectivity index (χ4v) is 3.11. The van der Waals surface area contributed by atoms with Gasteiger partial charge in [-0.05, 0) is 25.1 Å². The van der Waals surface area contributed by atoms with Crippen LogP contribution < -0.4 is 10.5 Å². The van der Waals surface area contributed by atoms with Crippen LogP contribution in [-0.2, 0) is 11.8 Å². The lowest BCUT2D eigenvalue weighted by Crippen LogP contribution is -2.57. The van der Waals surface area contributed by atoms with E-state index in [-0.39, 0.29) is 35.5 Å². The normalized spacial score (nSPS) is 17.7. The Morgan fingerprint density at radius 1 is 1.20 bits per heavy atom. The fraction of sp³-hybridized carbons (Fsp3) is 0.278. The van der Waals surface area contributed by atoms with Gasteiger partial charge in [0.1, 0.15) is 6.54 Å². The second kappa shape index (κ2) is 6.72. The Bertz CT molecular complexity index is 893. The molecule has 1 saturated heterocycles. The van der Waals surface area contributed by atoms with Crippen LogP contribution in [0.5, 0.6) is 0 Å². The molecule has 130 valence electrons. The van der Waals surface area contributed by atoms with Crippen molar-refractivity contribution in [3.8, 4) is 0 Å². The predicted molar refractivity (Wildman–Crippen MR) is 96.0 cm³/mol. The van der Waals surface area contributed by atoms with Crippen LogP contribution in [-0.4, -0.2) is 40.4 Å². The molecule has 0 spiro atoms. The summed E-state index contributed by atoms with van der Waals surface area (Å²) < 4.78 is 1.39. The van der Waals surface area contributed by atoms with Crippen LogP contribution in [0.3, 0.4) is 0 Å². The first kappa shape index (κ1) is 17.2. The van der Waals surface area contributed by atoms with Crippen molar-refractivity contribution in [3.05, 3.63) is 63.5 Å². The van der Waals surface area contributed by atoms with Crippen LogP contribution in [0, 0.1) is 0 Å². The van der Waals surface area contributed by atoms with Gasteiger partial charge in [0.25, 0.3) is 11.5 Å². The van der Waals surface area contributed by atoms with Crippen molar-refractivity contribution >= 4 is 29.1 Å². The zero-order valence-corrected chi connectivity index (χ0v) is 14.7. The largest absolute Gasteiger partial charge is 0.325 e. The highest BCUT2D eigenvalue weighted by Gasteiger charge is 2.34. The monoisotopic (exact) mass is 359 g/mol. The number of hydrogen-bond donors (Lipinski definition) is 0. The number of anilines is 1. The Balaban J connectivity index is 1.84. The first-order valence-corrected chi connectivity index (χ1v) is 8.29. The van der Waals surface area contributed by atoms with Crippen LogP contribution in [0.15, 0.2) is 47.4 Å². The van der Waals surface area contributed by atoms with Crippen molar-refractivity contribution in [2.45, 2.75) is 13.0 Å². The molecule has 1 aliphatic rings. The van der Waals surface area contributed by atoms with Crippen LogP contribution in [0.25, 0.3) is 0 Å². The summed E-state index contributed by atoms with van der Waals surface area (Å²) in [5, 5.41) is 0.495. The van der Waals surface area contributed by atoms with Gasteiger partial charge in [-0.1, -0.05) is 23.7 Å². The number of aromatic nitrogens is 1. The van der Waals surface area contributed by atoms with Crippen LogP contribution in [0.1, 0.15) is 17.3 Å². The van der Waals surface area contributed by atoms with Gasteiger partial charge in [0.2, 0.25) is 5.91 Å². The van der Waals surface area contributed by atoms with E-state index in [9.17, 15) is 14.4 Å². The zero-order chi connectivity index (χ0) is 18.1. The minimum Gasteiger partial charge on any atom is -0.325 e. The van der Waals surface area contributed by atoms with Crippen molar-refractivity contribution in [2.75, 3.05) is 18.0 Å². The van der Waals surface area contributed by atoms with Gasteiger partial charge in [-0.25, -0.2) is 0 Å². The van der Waals surface area contributed by atoms with Crippen LogP contribution in [0.4, 0.5) is 5.69 Å². The molecule has 1 aliphatic heterocycles. The maximum atomic E-state index is 12.7. The van der Waals surface area contributed by atoms with E-state index < -0.39 is 0 Å². The quantitative estimate of drug-likeness (QED) is 0.823. The van der Waals surface area contributed by atoms with Gasteiger partial charge in [0, 0.05) is 37.5 Å². The number of hydrogen-bond acceptors (Lipinski definition) is 3. The molecular weight excluding hydrogens is 342 g/mol. The fourth-order valence-electron chi connectivity index (χ4n) is 2.87. The number of amides is 2. The lowest BCUT2D eigenvalue weighted by molar-refractivity contribution is -0.121. The Labute approximate surface area is 150 Å². The topological polar surface area (TPSA) is 62.6 Å². The number of piperazine rings is 1. The number of pyridine rings is 1. The SMILES string of the molecule is C[C@H]1CN(c2ccccc2Cl)C(=O)CN1C(=O)c1ccn(C)c(=O)c1. The molecule has 3 rings (SSSR count). The number of benzene rings is 1. The molecule has 0 bridgehead atoms. The highest BCUT2D eigenvalue weighted by molar-refractivity contribution is 6.33. The summed E-state index contributed by atoms with van der Waals surface area (Å²) >= 11 is 6.19. The Morgan fingerprint density at radius 3 is 2.60 bits per heavy atom. The molecule has 1 atom stereocenters. The number of para-hydroxylation sites is 1. The minimum atomic E-state index is -0.322. The summed E-state index contributed by atoms with van der Waals surface area (Å²) in [4.78, 5) is 40.1. The van der Waals surface area contributed by atoms with E-state index in [0.717, 1.165) is 0 Å². The Hall–Kier alpha value is -2.60. The second-order valence-electron chi connectivity index (χ2n) is 6.10. The first-order chi connectivity index (χ1) is 11.9. The number of carbonyl (C=O) groups is 2. The number of aryl methyl sites for hydroxylation is 1. The molecular formula is C18H18ClN3O3. The van der Waals surface area contributed by atoms with Crippen LogP contribution >= 0.6 is 11.6 Å². The van der Waals surface area contributed by atoms with Crippen molar-refractivity contribution in [1.29, 1.82) is 0 Å². The highest BCUT2D eigenvalue weighted by Crippen LogP contribution is 2.28. The second-order valence-corrected chi connectivity index (χ2v) is 6.51. The van der Waals surface area contributed by atoms with Gasteiger partial charge in [0.15, 0.2) is 0 Å². The molecule has 25 heavy (non-hydrogen) atoms. The minimum absolute atomic E-state index is 0.0551. The number of nitrogens with zero attached hydrogens (tertiary/aromatic N) is 3. The summed E-state index contributed by atoms with van der Waals surface area (Å²) in [5.41, 5.74) is 0.662. The predicted octanol–water partition coefficient (Wildman–Crippen LogP) is 1.92. The molecule has 0 saturated carbocycles. The van der Waals surface area contributed by atoms with E-state index in [0.29, 0.717) is 17.3 Å². The molecule has 2 aromatic rings. The Morgan fingerprint density at radius 2 is 1.92 bits per heavy atom. The van der Waals surface area contributed by atoms with Crippen LogP contribution in [0.2, 0.25) is 5.02 Å². The molecule has 6 nitrogen and oxygen atoms in total. The van der Waals surface area contributed by atoms with Crippen molar-refractivity contribution in [1.82, 2.24) is 9.47 Å². The maximum Gasteiger partial charge on any atom is 0.254 e. The molecule has 1 fully saturated rings. The van der Waals surface area contributed by atoms with E-state index in [1.54, 1.807) is 42.4 Å². The first-order valence-electron chi connectivity index (χ1n) is 7.91. The van der Waals surface area contributed by atoms with Crippen molar-refractivity contribution in [3.63, 3.8) is 0 Å². The van der Waals surface area contributed by atoms with E-state index in [4.69, 9.17) is 11.6 Å². The van der Waals surface area contributed by atoms with E-state index in [2.05, 4.69) is 0 Å². The molecule has 0 N–H and O–H groups in total. The average molecular weight is 360 g/mol. The lowest BCUT2D eigenvalue weighted by atomic mass is 10.1. The summed E-state index contributed by atoms with van der Waals surface area (Å²) in [6, 6.07) is 9.80. The third kappa shape index (κ3) is 3.30. The molecule has 1 aromatic carbocycles. The summed E-state index contributed by atoms with van der Waals surface area (Å²) in [6.07, 6.45) is 1.54. The lowest BCUT2D eigenvalue weighted by Gasteiger charge is -2.39. The van der Waals surface area contributed by atoms with E-state index >= 15 is 0 Å². The molecule has 7 heteroatoms. The Kier molecular flexibility index (Phi) is 4.63. The number of halogens is 1. The van der Waals surface area contributed by atoms with Gasteiger partial charge in [0.05, 0.1) is 10.7 Å². The van der Waals surface area contributed by atoms with Gasteiger partial charge in [-0.3, -0.25) is 14.4 Å². The highest BCUT2D eigenvalue weighted by atomic mass is 35.5. The van der Waals surface area contributed by atoms with Gasteiger partial charge in [-0.2, -0.15) is 0 Å². The standard InChI is InChI=1S/C18H18ClN3O3/c1-12-10-22(15-6-4-3-5-14(15)19)17(24)11-21(12)18(25)13-7-8-20(2)16(23)9-13/h3-9,12H,10-11H2,1-2H3/t12-/m0/s1. The molecule has 0 unspecified atom stereocenters. The van der Waals surface area contributed by atoms with E-state index in [1.165, 1.54) is 15.5 Å². The maximum absolute atomic E-state index is 12.7. The molecule has 2 heterocycles. The van der Waals surface area contributed by atoms with Gasteiger partial charge >= 0.3 is 0 Å². The van der Waals surface area contributed by atoms with Crippen molar-refractivity contribution in [2.24, 2.45) is 7.05 Å². The van der Waals surface area contributed by atoms with Gasteiger partial charge in [-0.15, -0.1) is 0 Å². The van der Waals surface area contributed by atoms with Crippen molar-refractivity contribution < 1.29 is 9.59 Å². The molecule has 0 radical (unpaired) electrons. The zero-order valence-electron chi connectivity index (χ0n) is 14.0. The summed E-state index contributed by atoms with van der Waals surface area (Å²) in [7, 11) is 1.62. The summed E-state index contributed by atoms with van der Waals surface area (Å²) in [6.45, 7) is 2.16. The van der Waals surface area contributed by atoms with E-state index in [1.807, 2.05) is 13.0 Å². The number of carbonyl (C=O) groups excluding carboxylic acids is 2. The molecule has 0 aliphatic carbocycles. The third-order valence-corrected chi connectivity index (χ3v) is 4.66. The average Bonchev–Trinajstić information content (AvgIpc) is 2.59.